The lowest BCUT2D eigenvalue weighted by Crippen LogP contribution is -2.32. The van der Waals surface area contributed by atoms with E-state index in [0.29, 0.717) is 11.1 Å². The van der Waals surface area contributed by atoms with Crippen LogP contribution in [0.2, 0.25) is 0 Å². The molecular formula is C27H28N4O5. The maximum atomic E-state index is 13.0. The fourth-order valence-electron chi connectivity index (χ4n) is 3.19. The molecule has 3 rings (SSSR count). The van der Waals surface area contributed by atoms with Gasteiger partial charge in [0.25, 0.3) is 11.8 Å². The first kappa shape index (κ1) is 25.8. The highest BCUT2D eigenvalue weighted by atomic mass is 16.5. The number of carbonyl (C=O) groups is 2. The molecule has 0 spiro atoms. The zero-order chi connectivity index (χ0) is 26.1. The van der Waals surface area contributed by atoms with Crippen LogP contribution in [0, 0.1) is 0 Å². The molecule has 9 nitrogen and oxygen atoms in total. The third-order valence-electron chi connectivity index (χ3n) is 5.13. The summed E-state index contributed by atoms with van der Waals surface area (Å²) in [6.07, 6.45) is 2.93. The largest absolute Gasteiger partial charge is 0.502 e. The van der Waals surface area contributed by atoms with Crippen LogP contribution < -0.4 is 25.1 Å². The highest BCUT2D eigenvalue weighted by Gasteiger charge is 2.15. The number of aromatic hydroxyl groups is 1. The second kappa shape index (κ2) is 12.1. The van der Waals surface area contributed by atoms with Crippen molar-refractivity contribution in [2.24, 2.45) is 5.10 Å². The van der Waals surface area contributed by atoms with Gasteiger partial charge >= 0.3 is 0 Å². The second-order valence-corrected chi connectivity index (χ2v) is 7.84. The van der Waals surface area contributed by atoms with Gasteiger partial charge in [0.2, 0.25) is 5.75 Å². The minimum absolute atomic E-state index is 0.0134. The molecule has 0 aromatic heterocycles. The van der Waals surface area contributed by atoms with Crippen molar-refractivity contribution in [2.45, 2.75) is 0 Å². The fourth-order valence-corrected chi connectivity index (χ4v) is 3.19. The molecule has 0 heterocycles. The molecule has 0 aliphatic carbocycles. The Labute approximate surface area is 209 Å². The number of hydrogen-bond donors (Lipinski definition) is 3. The Morgan fingerprint density at radius 1 is 0.917 bits per heavy atom. The molecule has 9 heteroatoms. The van der Waals surface area contributed by atoms with E-state index in [1.807, 2.05) is 43.3 Å². The Balaban J connectivity index is 1.84. The average Bonchev–Trinajstić information content (AvgIpc) is 2.89. The number of ether oxygens (including phenoxy) is 2. The third-order valence-corrected chi connectivity index (χ3v) is 5.13. The molecule has 36 heavy (non-hydrogen) atoms. The maximum Gasteiger partial charge on any atom is 0.287 e. The summed E-state index contributed by atoms with van der Waals surface area (Å²) in [5.74, 6) is -0.808. The summed E-state index contributed by atoms with van der Waals surface area (Å²) in [6, 6.07) is 19.2. The maximum absolute atomic E-state index is 13.0. The molecule has 3 aromatic carbocycles. The molecule has 0 unspecified atom stereocenters. The van der Waals surface area contributed by atoms with Gasteiger partial charge in [-0.2, -0.15) is 5.10 Å². The number of rotatable bonds is 9. The SMILES string of the molecule is COc1cc(/C=N\NC(=O)/C(=C\c2ccc(N(C)C)cc2)NC(=O)c2ccccc2)cc(OC)c1O. The lowest BCUT2D eigenvalue weighted by molar-refractivity contribution is -0.117. The lowest BCUT2D eigenvalue weighted by atomic mass is 10.1. The van der Waals surface area contributed by atoms with Gasteiger partial charge in [-0.1, -0.05) is 30.3 Å². The molecule has 186 valence electrons. The summed E-state index contributed by atoms with van der Waals surface area (Å²) in [5, 5.41) is 16.7. The summed E-state index contributed by atoms with van der Waals surface area (Å²) >= 11 is 0. The smallest absolute Gasteiger partial charge is 0.287 e. The molecule has 0 bridgehead atoms. The number of anilines is 1. The normalized spacial score (nSPS) is 11.2. The molecule has 0 saturated carbocycles. The van der Waals surface area contributed by atoms with Crippen LogP contribution in [-0.2, 0) is 4.79 Å². The summed E-state index contributed by atoms with van der Waals surface area (Å²) in [4.78, 5) is 27.7. The third kappa shape index (κ3) is 6.63. The molecule has 0 saturated heterocycles. The van der Waals surface area contributed by atoms with E-state index < -0.39 is 11.8 Å². The van der Waals surface area contributed by atoms with Crippen LogP contribution in [0.5, 0.6) is 17.2 Å². The quantitative estimate of drug-likeness (QED) is 0.242. The van der Waals surface area contributed by atoms with Crippen molar-refractivity contribution in [3.8, 4) is 17.2 Å². The van der Waals surface area contributed by atoms with E-state index in [0.717, 1.165) is 11.3 Å². The number of hydrogen-bond acceptors (Lipinski definition) is 7. The minimum atomic E-state index is -0.620. The summed E-state index contributed by atoms with van der Waals surface area (Å²) in [7, 11) is 6.69. The van der Waals surface area contributed by atoms with E-state index >= 15 is 0 Å². The predicted octanol–water partition coefficient (Wildman–Crippen LogP) is 3.40. The monoisotopic (exact) mass is 488 g/mol. The van der Waals surface area contributed by atoms with Crippen LogP contribution in [0.25, 0.3) is 6.08 Å². The number of amides is 2. The zero-order valence-corrected chi connectivity index (χ0v) is 20.5. The second-order valence-electron chi connectivity index (χ2n) is 7.84. The van der Waals surface area contributed by atoms with Gasteiger partial charge < -0.3 is 24.8 Å². The van der Waals surface area contributed by atoms with Gasteiger partial charge in [0.15, 0.2) is 11.5 Å². The average molecular weight is 489 g/mol. The summed E-state index contributed by atoms with van der Waals surface area (Å²) in [6.45, 7) is 0. The number of carbonyl (C=O) groups excluding carboxylic acids is 2. The van der Waals surface area contributed by atoms with Crippen molar-refractivity contribution in [1.82, 2.24) is 10.7 Å². The van der Waals surface area contributed by atoms with E-state index in [1.165, 1.54) is 32.6 Å². The number of benzene rings is 3. The first-order valence-electron chi connectivity index (χ1n) is 11.0. The first-order chi connectivity index (χ1) is 17.3. The van der Waals surface area contributed by atoms with Crippen molar-refractivity contribution >= 4 is 29.8 Å². The van der Waals surface area contributed by atoms with Crippen molar-refractivity contribution in [3.63, 3.8) is 0 Å². The Bertz CT molecular complexity index is 1240. The highest BCUT2D eigenvalue weighted by molar-refractivity contribution is 6.05. The molecular weight excluding hydrogens is 460 g/mol. The standard InChI is InChI=1S/C27H28N4O5/c1-31(2)21-12-10-18(11-13-21)14-22(29-26(33)20-8-6-5-7-9-20)27(34)30-28-17-19-15-23(35-3)25(32)24(16-19)36-4/h5-17,32H,1-4H3,(H,29,33)(H,30,34)/b22-14+,28-17-. The lowest BCUT2D eigenvalue weighted by Gasteiger charge is -2.13. The van der Waals surface area contributed by atoms with E-state index in [2.05, 4.69) is 15.8 Å². The van der Waals surface area contributed by atoms with Crippen LogP contribution >= 0.6 is 0 Å². The fraction of sp³-hybridized carbons (Fsp3) is 0.148. The van der Waals surface area contributed by atoms with E-state index in [4.69, 9.17) is 9.47 Å². The predicted molar refractivity (Wildman–Crippen MR) is 140 cm³/mol. The topological polar surface area (TPSA) is 112 Å². The summed E-state index contributed by atoms with van der Waals surface area (Å²) < 4.78 is 10.3. The minimum Gasteiger partial charge on any atom is -0.502 e. The first-order valence-corrected chi connectivity index (χ1v) is 11.0. The molecule has 3 N–H and O–H groups in total. The molecule has 0 radical (unpaired) electrons. The van der Waals surface area contributed by atoms with Gasteiger partial charge in [-0.3, -0.25) is 9.59 Å². The number of phenolic OH excluding ortho intramolecular Hbond substituents is 1. The number of hydrazone groups is 1. The van der Waals surface area contributed by atoms with Gasteiger partial charge in [0.05, 0.1) is 20.4 Å². The van der Waals surface area contributed by atoms with Crippen molar-refractivity contribution < 1.29 is 24.2 Å². The number of nitrogens with one attached hydrogen (secondary N) is 2. The Morgan fingerprint density at radius 3 is 2.08 bits per heavy atom. The van der Waals surface area contributed by atoms with E-state index in [-0.39, 0.29) is 22.9 Å². The molecule has 0 fully saturated rings. The Kier molecular flexibility index (Phi) is 8.66. The van der Waals surface area contributed by atoms with Crippen molar-refractivity contribution in [2.75, 3.05) is 33.2 Å². The zero-order valence-electron chi connectivity index (χ0n) is 20.5. The molecule has 2 amide bonds. The van der Waals surface area contributed by atoms with Gasteiger partial charge in [-0.15, -0.1) is 0 Å². The Morgan fingerprint density at radius 2 is 1.53 bits per heavy atom. The van der Waals surface area contributed by atoms with Crippen LogP contribution in [-0.4, -0.2) is 51.5 Å². The van der Waals surface area contributed by atoms with Crippen LogP contribution in [0.3, 0.4) is 0 Å². The number of nitrogens with zero attached hydrogens (tertiary/aromatic N) is 2. The van der Waals surface area contributed by atoms with Crippen molar-refractivity contribution in [3.05, 3.63) is 89.1 Å². The van der Waals surface area contributed by atoms with Crippen LogP contribution in [0.15, 0.2) is 77.5 Å². The van der Waals surface area contributed by atoms with E-state index in [9.17, 15) is 14.7 Å². The number of phenols is 1. The van der Waals surface area contributed by atoms with Crippen molar-refractivity contribution in [1.29, 1.82) is 0 Å². The Hall–Kier alpha value is -4.79. The van der Waals surface area contributed by atoms with Gasteiger partial charge in [0.1, 0.15) is 5.70 Å². The van der Waals surface area contributed by atoms with Gasteiger partial charge in [-0.05, 0) is 48.0 Å². The van der Waals surface area contributed by atoms with Crippen LogP contribution in [0.1, 0.15) is 21.5 Å². The molecule has 0 aliphatic rings. The van der Waals surface area contributed by atoms with Crippen LogP contribution in [0.4, 0.5) is 5.69 Å². The van der Waals surface area contributed by atoms with E-state index in [1.54, 1.807) is 36.4 Å². The molecule has 0 aliphatic heterocycles. The number of methoxy groups -OCH3 is 2. The summed E-state index contributed by atoms with van der Waals surface area (Å²) in [5.41, 5.74) is 5.07. The molecule has 0 atom stereocenters. The molecule has 3 aromatic rings. The van der Waals surface area contributed by atoms with Gasteiger partial charge in [0, 0.05) is 30.9 Å². The van der Waals surface area contributed by atoms with Gasteiger partial charge in [-0.25, -0.2) is 5.43 Å². The highest BCUT2D eigenvalue weighted by Crippen LogP contribution is 2.36.